The first-order chi connectivity index (χ1) is 8.42. The van der Waals surface area contributed by atoms with Crippen molar-refractivity contribution in [2.24, 2.45) is 0 Å². The lowest BCUT2D eigenvalue weighted by Crippen LogP contribution is -2.21. The SMILES string of the molecule is COC(=O)CCC(C)(C)c1cccc(OC)c1F. The summed E-state index contributed by atoms with van der Waals surface area (Å²) in [6.07, 6.45) is 0.782. The van der Waals surface area contributed by atoms with Crippen molar-refractivity contribution in [2.45, 2.75) is 32.1 Å². The summed E-state index contributed by atoms with van der Waals surface area (Å²) < 4.78 is 23.7. The molecule has 0 aliphatic rings. The molecule has 1 aromatic carbocycles. The first-order valence-corrected chi connectivity index (χ1v) is 5.82. The van der Waals surface area contributed by atoms with Gasteiger partial charge >= 0.3 is 5.97 Å². The predicted molar refractivity (Wildman–Crippen MR) is 67.2 cm³/mol. The quantitative estimate of drug-likeness (QED) is 0.757. The van der Waals surface area contributed by atoms with Gasteiger partial charge in [0.1, 0.15) is 0 Å². The van der Waals surface area contributed by atoms with E-state index in [-0.39, 0.29) is 24.0 Å². The van der Waals surface area contributed by atoms with Crippen molar-refractivity contribution in [1.29, 1.82) is 0 Å². The Hall–Kier alpha value is -1.58. The third kappa shape index (κ3) is 3.22. The largest absolute Gasteiger partial charge is 0.494 e. The van der Waals surface area contributed by atoms with Crippen LogP contribution in [0.3, 0.4) is 0 Å². The summed E-state index contributed by atoms with van der Waals surface area (Å²) in [6, 6.07) is 5.04. The van der Waals surface area contributed by atoms with Crippen LogP contribution in [0.4, 0.5) is 4.39 Å². The van der Waals surface area contributed by atoms with Gasteiger partial charge < -0.3 is 9.47 Å². The highest BCUT2D eigenvalue weighted by molar-refractivity contribution is 5.69. The fraction of sp³-hybridized carbons (Fsp3) is 0.500. The molecule has 0 unspecified atom stereocenters. The average Bonchev–Trinajstić information content (AvgIpc) is 2.36. The van der Waals surface area contributed by atoms with Crippen molar-refractivity contribution >= 4 is 5.97 Å². The summed E-state index contributed by atoms with van der Waals surface area (Å²) in [7, 11) is 2.78. The van der Waals surface area contributed by atoms with Crippen LogP contribution >= 0.6 is 0 Å². The molecule has 4 heteroatoms. The van der Waals surface area contributed by atoms with Crippen molar-refractivity contribution in [3.8, 4) is 5.75 Å². The standard InChI is InChI=1S/C14H19FO3/c1-14(2,9-8-12(16)18-4)10-6-5-7-11(17-3)13(10)15/h5-7H,8-9H2,1-4H3. The van der Waals surface area contributed by atoms with Gasteiger partial charge in [0.15, 0.2) is 11.6 Å². The number of hydrogen-bond donors (Lipinski definition) is 0. The number of esters is 1. The van der Waals surface area contributed by atoms with Gasteiger partial charge in [-0.2, -0.15) is 0 Å². The van der Waals surface area contributed by atoms with Gasteiger partial charge in [-0.1, -0.05) is 26.0 Å². The lowest BCUT2D eigenvalue weighted by molar-refractivity contribution is -0.141. The molecule has 0 aromatic heterocycles. The fourth-order valence-corrected chi connectivity index (χ4v) is 1.84. The minimum atomic E-state index is -0.452. The molecule has 18 heavy (non-hydrogen) atoms. The summed E-state index contributed by atoms with van der Waals surface area (Å²) in [6.45, 7) is 3.79. The first kappa shape index (κ1) is 14.5. The lowest BCUT2D eigenvalue weighted by atomic mass is 9.80. The normalized spacial score (nSPS) is 11.2. The number of carbonyl (C=O) groups excluding carboxylic acids is 1. The van der Waals surface area contributed by atoms with Crippen molar-refractivity contribution in [3.05, 3.63) is 29.6 Å². The van der Waals surface area contributed by atoms with E-state index in [0.29, 0.717) is 12.0 Å². The Bertz CT molecular complexity index is 427. The van der Waals surface area contributed by atoms with Gasteiger partial charge in [-0.15, -0.1) is 0 Å². The monoisotopic (exact) mass is 254 g/mol. The molecule has 0 saturated carbocycles. The molecule has 0 N–H and O–H groups in total. The van der Waals surface area contributed by atoms with E-state index < -0.39 is 5.41 Å². The number of rotatable bonds is 5. The van der Waals surface area contributed by atoms with Crippen LogP contribution in [-0.2, 0) is 14.9 Å². The zero-order chi connectivity index (χ0) is 13.8. The summed E-state index contributed by atoms with van der Waals surface area (Å²) >= 11 is 0. The minimum absolute atomic E-state index is 0.221. The van der Waals surface area contributed by atoms with E-state index in [1.165, 1.54) is 14.2 Å². The van der Waals surface area contributed by atoms with Crippen LogP contribution in [0.5, 0.6) is 5.75 Å². The molecular formula is C14H19FO3. The summed E-state index contributed by atoms with van der Waals surface area (Å²) in [5, 5.41) is 0. The van der Waals surface area contributed by atoms with Gasteiger partial charge in [0.2, 0.25) is 0 Å². The maximum Gasteiger partial charge on any atom is 0.305 e. The number of methoxy groups -OCH3 is 2. The molecule has 1 aromatic rings. The molecule has 0 saturated heterocycles. The Morgan fingerprint density at radius 3 is 2.56 bits per heavy atom. The highest BCUT2D eigenvalue weighted by Crippen LogP contribution is 2.33. The number of carbonyl (C=O) groups is 1. The highest BCUT2D eigenvalue weighted by Gasteiger charge is 2.26. The second-order valence-corrected chi connectivity index (χ2v) is 4.78. The van der Waals surface area contributed by atoms with Gasteiger partial charge in [0.05, 0.1) is 14.2 Å². The number of benzene rings is 1. The molecule has 3 nitrogen and oxygen atoms in total. The summed E-state index contributed by atoms with van der Waals surface area (Å²) in [5.41, 5.74) is 0.0954. The Balaban J connectivity index is 2.93. The summed E-state index contributed by atoms with van der Waals surface area (Å²) in [5.74, 6) is -0.431. The third-order valence-corrected chi connectivity index (χ3v) is 3.09. The lowest BCUT2D eigenvalue weighted by Gasteiger charge is -2.25. The molecule has 0 spiro atoms. The van der Waals surface area contributed by atoms with Gasteiger partial charge in [0, 0.05) is 6.42 Å². The molecule has 0 fully saturated rings. The van der Waals surface area contributed by atoms with E-state index in [0.717, 1.165) is 0 Å². The highest BCUT2D eigenvalue weighted by atomic mass is 19.1. The molecule has 100 valence electrons. The Morgan fingerprint density at radius 2 is 2.00 bits per heavy atom. The van der Waals surface area contributed by atoms with Gasteiger partial charge in [0.25, 0.3) is 0 Å². The molecule has 0 aliphatic carbocycles. The maximum atomic E-state index is 14.1. The van der Waals surface area contributed by atoms with E-state index in [4.69, 9.17) is 4.74 Å². The number of hydrogen-bond acceptors (Lipinski definition) is 3. The fourth-order valence-electron chi connectivity index (χ4n) is 1.84. The minimum Gasteiger partial charge on any atom is -0.494 e. The average molecular weight is 254 g/mol. The summed E-state index contributed by atoms with van der Waals surface area (Å²) in [4.78, 5) is 11.2. The molecule has 1 rings (SSSR count). The van der Waals surface area contributed by atoms with Crippen LogP contribution in [0.1, 0.15) is 32.3 Å². The van der Waals surface area contributed by atoms with Crippen LogP contribution in [0.25, 0.3) is 0 Å². The van der Waals surface area contributed by atoms with E-state index in [9.17, 15) is 9.18 Å². The van der Waals surface area contributed by atoms with Gasteiger partial charge in [-0.3, -0.25) is 4.79 Å². The molecule has 0 heterocycles. The topological polar surface area (TPSA) is 35.5 Å². The Kier molecular flexibility index (Phi) is 4.70. The van der Waals surface area contributed by atoms with Crippen LogP contribution in [0.15, 0.2) is 18.2 Å². The van der Waals surface area contributed by atoms with Crippen molar-refractivity contribution in [2.75, 3.05) is 14.2 Å². The molecular weight excluding hydrogens is 235 g/mol. The smallest absolute Gasteiger partial charge is 0.305 e. The predicted octanol–water partition coefficient (Wildman–Crippen LogP) is 3.07. The van der Waals surface area contributed by atoms with Gasteiger partial charge in [-0.05, 0) is 23.5 Å². The van der Waals surface area contributed by atoms with Crippen LogP contribution in [-0.4, -0.2) is 20.2 Å². The molecule has 0 radical (unpaired) electrons. The zero-order valence-corrected chi connectivity index (χ0v) is 11.2. The molecule has 0 aliphatic heterocycles. The van der Waals surface area contributed by atoms with E-state index >= 15 is 0 Å². The number of halogens is 1. The van der Waals surface area contributed by atoms with Crippen LogP contribution < -0.4 is 4.74 Å². The Labute approximate surface area is 107 Å². The maximum absolute atomic E-state index is 14.1. The first-order valence-electron chi connectivity index (χ1n) is 5.82. The second-order valence-electron chi connectivity index (χ2n) is 4.78. The van der Waals surface area contributed by atoms with Crippen molar-refractivity contribution in [3.63, 3.8) is 0 Å². The molecule has 0 atom stereocenters. The van der Waals surface area contributed by atoms with Crippen molar-refractivity contribution < 1.29 is 18.7 Å². The van der Waals surface area contributed by atoms with Crippen LogP contribution in [0, 0.1) is 5.82 Å². The van der Waals surface area contributed by atoms with E-state index in [2.05, 4.69) is 4.74 Å². The third-order valence-electron chi connectivity index (χ3n) is 3.09. The van der Waals surface area contributed by atoms with E-state index in [1.807, 2.05) is 13.8 Å². The zero-order valence-electron chi connectivity index (χ0n) is 11.2. The molecule has 0 amide bonds. The van der Waals surface area contributed by atoms with E-state index in [1.54, 1.807) is 18.2 Å². The Morgan fingerprint density at radius 1 is 1.33 bits per heavy atom. The van der Waals surface area contributed by atoms with Gasteiger partial charge in [-0.25, -0.2) is 4.39 Å². The van der Waals surface area contributed by atoms with Crippen LogP contribution in [0.2, 0.25) is 0 Å². The molecule has 0 bridgehead atoms. The second kappa shape index (κ2) is 5.85. The van der Waals surface area contributed by atoms with Crippen molar-refractivity contribution in [1.82, 2.24) is 0 Å². The number of ether oxygens (including phenoxy) is 2.